The molecule has 2 aromatic heterocycles. The number of hydrogen-bond donors (Lipinski definition) is 1. The summed E-state index contributed by atoms with van der Waals surface area (Å²) in [5.74, 6) is -0.389. The number of halogens is 1. The third-order valence-corrected chi connectivity index (χ3v) is 5.03. The van der Waals surface area contributed by atoms with E-state index in [0.717, 1.165) is 35.9 Å². The Kier molecular flexibility index (Phi) is 5.45. The standard InChI is InChI=1S/C18H21FN4OS/c1-3-22(4-2)10-9-20-17(24)16-12-25-18-21-15(11-23(16)18)13-5-7-14(19)8-6-13/h5-8,11-12H,3-4,9-10H2,1-2H3,(H,20,24). The molecule has 0 atom stereocenters. The molecule has 3 aromatic rings. The predicted molar refractivity (Wildman–Crippen MR) is 98.6 cm³/mol. The number of benzene rings is 1. The lowest BCUT2D eigenvalue weighted by molar-refractivity contribution is 0.0943. The maximum absolute atomic E-state index is 13.1. The summed E-state index contributed by atoms with van der Waals surface area (Å²) in [6.07, 6.45) is 1.82. The van der Waals surface area contributed by atoms with Gasteiger partial charge in [0.2, 0.25) is 0 Å². The Morgan fingerprint density at radius 1 is 1.28 bits per heavy atom. The first kappa shape index (κ1) is 17.6. The van der Waals surface area contributed by atoms with Crippen LogP contribution in [0.15, 0.2) is 35.8 Å². The van der Waals surface area contributed by atoms with Crippen LogP contribution in [0.3, 0.4) is 0 Å². The molecule has 0 aliphatic carbocycles. The van der Waals surface area contributed by atoms with Gasteiger partial charge in [0.25, 0.3) is 5.91 Å². The van der Waals surface area contributed by atoms with Gasteiger partial charge in [-0.25, -0.2) is 9.37 Å². The van der Waals surface area contributed by atoms with Crippen molar-refractivity contribution in [3.8, 4) is 11.3 Å². The molecule has 132 valence electrons. The van der Waals surface area contributed by atoms with E-state index in [4.69, 9.17) is 0 Å². The van der Waals surface area contributed by atoms with Crippen molar-refractivity contribution in [3.63, 3.8) is 0 Å². The summed E-state index contributed by atoms with van der Waals surface area (Å²) in [6, 6.07) is 6.18. The maximum Gasteiger partial charge on any atom is 0.269 e. The number of amides is 1. The molecule has 0 saturated heterocycles. The summed E-state index contributed by atoms with van der Waals surface area (Å²) < 4.78 is 14.9. The number of rotatable bonds is 7. The summed E-state index contributed by atoms with van der Waals surface area (Å²) in [7, 11) is 0. The van der Waals surface area contributed by atoms with E-state index in [-0.39, 0.29) is 11.7 Å². The van der Waals surface area contributed by atoms with Gasteiger partial charge in [-0.05, 0) is 37.4 Å². The van der Waals surface area contributed by atoms with Gasteiger partial charge in [0.05, 0.1) is 5.69 Å². The second kappa shape index (κ2) is 7.76. The molecular weight excluding hydrogens is 339 g/mol. The fourth-order valence-electron chi connectivity index (χ4n) is 2.66. The highest BCUT2D eigenvalue weighted by Gasteiger charge is 2.15. The number of fused-ring (bicyclic) bond motifs is 1. The Bertz CT molecular complexity index is 852. The van der Waals surface area contributed by atoms with Gasteiger partial charge >= 0.3 is 0 Å². The molecule has 3 rings (SSSR count). The van der Waals surface area contributed by atoms with E-state index in [1.807, 2.05) is 11.6 Å². The lowest BCUT2D eigenvalue weighted by atomic mass is 10.2. The van der Waals surface area contributed by atoms with Crippen LogP contribution in [-0.2, 0) is 0 Å². The van der Waals surface area contributed by atoms with Crippen molar-refractivity contribution in [1.82, 2.24) is 19.6 Å². The zero-order valence-electron chi connectivity index (χ0n) is 14.3. The monoisotopic (exact) mass is 360 g/mol. The minimum Gasteiger partial charge on any atom is -0.349 e. The SMILES string of the molecule is CCN(CC)CCNC(=O)c1csc2nc(-c3ccc(F)cc3)cn12. The number of carbonyl (C=O) groups is 1. The molecular formula is C18H21FN4OS. The Morgan fingerprint density at radius 3 is 2.68 bits per heavy atom. The molecule has 0 aliphatic heterocycles. The van der Waals surface area contributed by atoms with Gasteiger partial charge in [-0.1, -0.05) is 13.8 Å². The number of nitrogens with one attached hydrogen (secondary N) is 1. The van der Waals surface area contributed by atoms with Gasteiger partial charge in [-0.2, -0.15) is 0 Å². The first-order valence-corrected chi connectivity index (χ1v) is 9.23. The summed E-state index contributed by atoms with van der Waals surface area (Å²) >= 11 is 1.42. The Balaban J connectivity index is 1.74. The van der Waals surface area contributed by atoms with Gasteiger partial charge in [0.15, 0.2) is 4.96 Å². The van der Waals surface area contributed by atoms with Crippen molar-refractivity contribution < 1.29 is 9.18 Å². The first-order valence-electron chi connectivity index (χ1n) is 8.35. The van der Waals surface area contributed by atoms with Crippen LogP contribution in [0.5, 0.6) is 0 Å². The van der Waals surface area contributed by atoms with Crippen LogP contribution in [0, 0.1) is 5.82 Å². The number of carbonyl (C=O) groups excluding carboxylic acids is 1. The highest BCUT2D eigenvalue weighted by atomic mass is 32.1. The number of imidazole rings is 1. The van der Waals surface area contributed by atoms with Gasteiger partial charge in [-0.3, -0.25) is 9.20 Å². The molecule has 0 saturated carbocycles. The summed E-state index contributed by atoms with van der Waals surface area (Å²) in [6.45, 7) is 7.59. The lowest BCUT2D eigenvalue weighted by Crippen LogP contribution is -2.35. The third-order valence-electron chi connectivity index (χ3n) is 4.19. The van der Waals surface area contributed by atoms with Gasteiger partial charge in [0.1, 0.15) is 11.5 Å². The Morgan fingerprint density at radius 2 is 2.00 bits per heavy atom. The fourth-order valence-corrected chi connectivity index (χ4v) is 3.52. The molecule has 0 bridgehead atoms. The zero-order chi connectivity index (χ0) is 17.8. The number of nitrogens with zero attached hydrogens (tertiary/aromatic N) is 3. The van der Waals surface area contributed by atoms with E-state index in [9.17, 15) is 9.18 Å². The van der Waals surface area contributed by atoms with E-state index < -0.39 is 0 Å². The van der Waals surface area contributed by atoms with Gasteiger partial charge in [0, 0.05) is 30.2 Å². The van der Waals surface area contributed by atoms with Crippen molar-refractivity contribution >= 4 is 22.2 Å². The molecule has 7 heteroatoms. The summed E-state index contributed by atoms with van der Waals surface area (Å²) in [5, 5.41) is 4.77. The van der Waals surface area contributed by atoms with Crippen molar-refractivity contribution in [3.05, 3.63) is 47.4 Å². The molecule has 25 heavy (non-hydrogen) atoms. The predicted octanol–water partition coefficient (Wildman–Crippen LogP) is 3.27. The van der Waals surface area contributed by atoms with Crippen molar-refractivity contribution in [1.29, 1.82) is 0 Å². The van der Waals surface area contributed by atoms with Crippen molar-refractivity contribution in [2.45, 2.75) is 13.8 Å². The number of thiazole rings is 1. The zero-order valence-corrected chi connectivity index (χ0v) is 15.1. The van der Waals surface area contributed by atoms with Crippen molar-refractivity contribution in [2.24, 2.45) is 0 Å². The minimum atomic E-state index is -0.280. The number of aromatic nitrogens is 2. The molecule has 0 unspecified atom stereocenters. The largest absolute Gasteiger partial charge is 0.349 e. The highest BCUT2D eigenvalue weighted by Crippen LogP contribution is 2.23. The second-order valence-corrected chi connectivity index (χ2v) is 6.53. The Labute approximate surface area is 150 Å². The summed E-state index contributed by atoms with van der Waals surface area (Å²) in [4.78, 5) is 20.0. The van der Waals surface area contributed by atoms with Crippen LogP contribution >= 0.6 is 11.3 Å². The quantitative estimate of drug-likeness (QED) is 0.703. The lowest BCUT2D eigenvalue weighted by Gasteiger charge is -2.17. The van der Waals surface area contributed by atoms with Gasteiger partial charge < -0.3 is 10.2 Å². The van der Waals surface area contributed by atoms with E-state index >= 15 is 0 Å². The van der Waals surface area contributed by atoms with E-state index in [1.54, 1.807) is 16.5 Å². The molecule has 5 nitrogen and oxygen atoms in total. The number of hydrogen-bond acceptors (Lipinski definition) is 4. The Hall–Kier alpha value is -2.25. The van der Waals surface area contributed by atoms with Crippen LogP contribution in [-0.4, -0.2) is 46.4 Å². The summed E-state index contributed by atoms with van der Waals surface area (Å²) in [5.41, 5.74) is 2.12. The van der Waals surface area contributed by atoms with E-state index in [0.29, 0.717) is 12.2 Å². The highest BCUT2D eigenvalue weighted by molar-refractivity contribution is 7.15. The van der Waals surface area contributed by atoms with Crippen LogP contribution < -0.4 is 5.32 Å². The topological polar surface area (TPSA) is 49.6 Å². The third kappa shape index (κ3) is 3.88. The van der Waals surface area contributed by atoms with Crippen molar-refractivity contribution in [2.75, 3.05) is 26.2 Å². The molecule has 1 aromatic carbocycles. The first-order chi connectivity index (χ1) is 12.1. The van der Waals surface area contributed by atoms with Crippen LogP contribution in [0.1, 0.15) is 24.3 Å². The normalized spacial score (nSPS) is 11.4. The number of likely N-dealkylation sites (N-methyl/N-ethyl adjacent to an activating group) is 1. The molecule has 0 fully saturated rings. The van der Waals surface area contributed by atoms with Gasteiger partial charge in [-0.15, -0.1) is 11.3 Å². The molecule has 2 heterocycles. The average molecular weight is 360 g/mol. The minimum absolute atomic E-state index is 0.110. The molecule has 0 aliphatic rings. The maximum atomic E-state index is 13.1. The van der Waals surface area contributed by atoms with E-state index in [2.05, 4.69) is 29.0 Å². The molecule has 0 spiro atoms. The smallest absolute Gasteiger partial charge is 0.269 e. The molecule has 1 amide bonds. The molecule has 0 radical (unpaired) electrons. The van der Waals surface area contributed by atoms with Crippen LogP contribution in [0.25, 0.3) is 16.2 Å². The van der Waals surface area contributed by atoms with Crippen LogP contribution in [0.4, 0.5) is 4.39 Å². The van der Waals surface area contributed by atoms with E-state index in [1.165, 1.54) is 23.5 Å². The van der Waals surface area contributed by atoms with Crippen LogP contribution in [0.2, 0.25) is 0 Å². The molecule has 1 N–H and O–H groups in total. The average Bonchev–Trinajstić information content (AvgIpc) is 3.20. The second-order valence-electron chi connectivity index (χ2n) is 5.69. The fraction of sp³-hybridized carbons (Fsp3) is 0.333.